The summed E-state index contributed by atoms with van der Waals surface area (Å²) in [6, 6.07) is 6.71. The first-order valence-corrected chi connectivity index (χ1v) is 9.01. The second-order valence-corrected chi connectivity index (χ2v) is 7.56. The summed E-state index contributed by atoms with van der Waals surface area (Å²) in [7, 11) is 2.23. The highest BCUT2D eigenvalue weighted by Gasteiger charge is 2.23. The summed E-state index contributed by atoms with van der Waals surface area (Å²) in [5.41, 5.74) is 2.16. The molecule has 0 unspecified atom stereocenters. The lowest BCUT2D eigenvalue weighted by Crippen LogP contribution is -3.12. The number of hydrogen-bond acceptors (Lipinski definition) is 4. The fraction of sp³-hybridized carbons (Fsp3) is 0.333. The molecule has 1 aliphatic rings. The van der Waals surface area contributed by atoms with Crippen molar-refractivity contribution in [1.29, 1.82) is 0 Å². The zero-order valence-corrected chi connectivity index (χ0v) is 14.7. The van der Waals surface area contributed by atoms with Crippen molar-refractivity contribution in [3.05, 3.63) is 41.3 Å². The maximum absolute atomic E-state index is 13.3. The number of nitrogens with zero attached hydrogens (tertiary/aromatic N) is 3. The molecule has 3 heterocycles. The summed E-state index contributed by atoms with van der Waals surface area (Å²) in [6.45, 7) is 6.31. The van der Waals surface area contributed by atoms with E-state index in [4.69, 9.17) is 0 Å². The van der Waals surface area contributed by atoms with Gasteiger partial charge < -0.3 is 9.80 Å². The molecule has 1 aliphatic heterocycles. The van der Waals surface area contributed by atoms with Crippen LogP contribution in [0.25, 0.3) is 21.3 Å². The van der Waals surface area contributed by atoms with Crippen molar-refractivity contribution in [3.8, 4) is 11.1 Å². The molecule has 0 radical (unpaired) electrons. The number of nitrogens with one attached hydrogen (secondary N) is 1. The molecule has 1 N–H and O–H groups in total. The van der Waals surface area contributed by atoms with Gasteiger partial charge in [-0.05, 0) is 24.6 Å². The van der Waals surface area contributed by atoms with Gasteiger partial charge in [0.2, 0.25) is 0 Å². The molecule has 6 heteroatoms. The maximum atomic E-state index is 13.3. The van der Waals surface area contributed by atoms with E-state index in [1.165, 1.54) is 17.0 Å². The van der Waals surface area contributed by atoms with Crippen molar-refractivity contribution < 1.29 is 9.29 Å². The average molecular weight is 343 g/mol. The van der Waals surface area contributed by atoms with Gasteiger partial charge in [-0.3, -0.25) is 0 Å². The Labute approximate surface area is 144 Å². The van der Waals surface area contributed by atoms with Crippen molar-refractivity contribution in [1.82, 2.24) is 9.97 Å². The normalized spacial score (nSPS) is 16.0. The van der Waals surface area contributed by atoms with E-state index in [9.17, 15) is 4.39 Å². The molecule has 3 aromatic rings. The highest BCUT2D eigenvalue weighted by atomic mass is 32.1. The Morgan fingerprint density at radius 1 is 1.12 bits per heavy atom. The van der Waals surface area contributed by atoms with Gasteiger partial charge in [-0.25, -0.2) is 14.4 Å². The van der Waals surface area contributed by atoms with Crippen LogP contribution in [0.1, 0.15) is 4.88 Å². The van der Waals surface area contributed by atoms with Crippen LogP contribution in [-0.4, -0.2) is 43.2 Å². The minimum atomic E-state index is -0.213. The molecule has 4 rings (SSSR count). The number of piperazine rings is 1. The van der Waals surface area contributed by atoms with E-state index in [-0.39, 0.29) is 5.82 Å². The van der Waals surface area contributed by atoms with E-state index < -0.39 is 0 Å². The molecule has 0 spiro atoms. The second kappa shape index (κ2) is 6.11. The van der Waals surface area contributed by atoms with Crippen LogP contribution in [0.3, 0.4) is 0 Å². The van der Waals surface area contributed by atoms with Crippen LogP contribution in [0.4, 0.5) is 10.2 Å². The third-order valence-corrected chi connectivity index (χ3v) is 5.71. The highest BCUT2D eigenvalue weighted by molar-refractivity contribution is 7.19. The molecule has 1 aromatic carbocycles. The van der Waals surface area contributed by atoms with Crippen LogP contribution in [0.2, 0.25) is 0 Å². The molecule has 0 saturated carbocycles. The summed E-state index contributed by atoms with van der Waals surface area (Å²) in [5, 5.41) is 1.10. The van der Waals surface area contributed by atoms with Crippen molar-refractivity contribution >= 4 is 27.4 Å². The molecule has 2 aromatic heterocycles. The van der Waals surface area contributed by atoms with Crippen LogP contribution in [-0.2, 0) is 0 Å². The second-order valence-electron chi connectivity index (χ2n) is 6.36. The van der Waals surface area contributed by atoms with E-state index in [2.05, 4.69) is 28.8 Å². The van der Waals surface area contributed by atoms with Crippen LogP contribution in [0.5, 0.6) is 0 Å². The van der Waals surface area contributed by atoms with Gasteiger partial charge in [-0.1, -0.05) is 12.1 Å². The largest absolute Gasteiger partial charge is 0.345 e. The molecular formula is C18H20FN4S+. The van der Waals surface area contributed by atoms with Gasteiger partial charge in [0.15, 0.2) is 0 Å². The first-order valence-electron chi connectivity index (χ1n) is 8.20. The smallest absolute Gasteiger partial charge is 0.141 e. The minimum absolute atomic E-state index is 0.213. The Balaban J connectivity index is 1.88. The van der Waals surface area contributed by atoms with Gasteiger partial charge in [0.05, 0.1) is 38.6 Å². The lowest BCUT2D eigenvalue weighted by Gasteiger charge is -2.31. The molecular weight excluding hydrogens is 323 g/mol. The molecule has 1 saturated heterocycles. The Kier molecular flexibility index (Phi) is 3.94. The van der Waals surface area contributed by atoms with Crippen molar-refractivity contribution in [3.63, 3.8) is 0 Å². The van der Waals surface area contributed by atoms with Crippen molar-refractivity contribution in [2.75, 3.05) is 38.1 Å². The van der Waals surface area contributed by atoms with E-state index in [1.54, 1.807) is 22.6 Å². The summed E-state index contributed by atoms with van der Waals surface area (Å²) in [6.07, 6.45) is 1.66. The molecule has 0 aliphatic carbocycles. The number of thiophene rings is 1. The summed E-state index contributed by atoms with van der Waals surface area (Å²) < 4.78 is 13.3. The van der Waals surface area contributed by atoms with Gasteiger partial charge in [0.25, 0.3) is 0 Å². The SMILES string of the molecule is Cc1sc2ncnc(N3CC[NH+](C)CC3)c2c1-c1ccc(F)cc1. The first kappa shape index (κ1) is 15.5. The summed E-state index contributed by atoms with van der Waals surface area (Å²) in [5.74, 6) is 0.797. The molecule has 0 atom stereocenters. The number of fused-ring (bicyclic) bond motifs is 1. The number of aryl methyl sites for hydroxylation is 1. The van der Waals surface area contributed by atoms with E-state index >= 15 is 0 Å². The molecule has 0 bridgehead atoms. The quantitative estimate of drug-likeness (QED) is 0.774. The third-order valence-electron chi connectivity index (χ3n) is 4.69. The summed E-state index contributed by atoms with van der Waals surface area (Å²) >= 11 is 1.68. The van der Waals surface area contributed by atoms with Gasteiger partial charge in [-0.15, -0.1) is 11.3 Å². The number of anilines is 1. The Bertz CT molecular complexity index is 867. The Morgan fingerprint density at radius 3 is 2.54 bits per heavy atom. The fourth-order valence-corrected chi connectivity index (χ4v) is 4.34. The number of halogens is 1. The number of quaternary nitrogens is 1. The Morgan fingerprint density at radius 2 is 1.83 bits per heavy atom. The molecule has 1 fully saturated rings. The first-order chi connectivity index (χ1) is 11.6. The topological polar surface area (TPSA) is 33.5 Å². The summed E-state index contributed by atoms with van der Waals surface area (Å²) in [4.78, 5) is 15.2. The van der Waals surface area contributed by atoms with Gasteiger partial charge in [-0.2, -0.15) is 0 Å². The predicted molar refractivity (Wildman–Crippen MR) is 96.4 cm³/mol. The van der Waals surface area contributed by atoms with Crippen molar-refractivity contribution in [2.45, 2.75) is 6.92 Å². The third kappa shape index (κ3) is 2.65. The number of likely N-dealkylation sites (N-methyl/N-ethyl adjacent to an activating group) is 1. The maximum Gasteiger partial charge on any atom is 0.141 e. The van der Waals surface area contributed by atoms with Crippen LogP contribution in [0.15, 0.2) is 30.6 Å². The van der Waals surface area contributed by atoms with Crippen LogP contribution < -0.4 is 9.80 Å². The van der Waals surface area contributed by atoms with Crippen LogP contribution >= 0.6 is 11.3 Å². The zero-order chi connectivity index (χ0) is 16.7. The number of aromatic nitrogens is 2. The van der Waals surface area contributed by atoms with Crippen molar-refractivity contribution in [2.24, 2.45) is 0 Å². The lowest BCUT2D eigenvalue weighted by molar-refractivity contribution is -0.880. The fourth-order valence-electron chi connectivity index (χ4n) is 3.33. The zero-order valence-electron chi connectivity index (χ0n) is 13.8. The average Bonchev–Trinajstić information content (AvgIpc) is 2.92. The lowest BCUT2D eigenvalue weighted by atomic mass is 10.0. The van der Waals surface area contributed by atoms with Gasteiger partial charge in [0.1, 0.15) is 22.8 Å². The van der Waals surface area contributed by atoms with Gasteiger partial charge in [0, 0.05) is 10.4 Å². The number of hydrogen-bond donors (Lipinski definition) is 1. The van der Waals surface area contributed by atoms with Gasteiger partial charge >= 0.3 is 0 Å². The minimum Gasteiger partial charge on any atom is -0.345 e. The van der Waals surface area contributed by atoms with E-state index in [0.717, 1.165) is 53.3 Å². The molecule has 4 nitrogen and oxygen atoms in total. The van der Waals surface area contributed by atoms with E-state index in [1.807, 2.05) is 12.1 Å². The molecule has 24 heavy (non-hydrogen) atoms. The monoisotopic (exact) mass is 343 g/mol. The van der Waals surface area contributed by atoms with E-state index in [0.29, 0.717) is 0 Å². The Hall–Kier alpha value is -2.05. The number of benzene rings is 1. The predicted octanol–water partition coefficient (Wildman–Crippen LogP) is 2.14. The standard InChI is InChI=1S/C18H19FN4S/c1-12-15(13-3-5-14(19)6-4-13)16-17(20-11-21-18(16)24-12)23-9-7-22(2)8-10-23/h3-6,11H,7-10H2,1-2H3/p+1. The molecule has 124 valence electrons. The van der Waals surface area contributed by atoms with Crippen LogP contribution in [0, 0.1) is 12.7 Å². The number of rotatable bonds is 2. The highest BCUT2D eigenvalue weighted by Crippen LogP contribution is 2.41. The molecule has 0 amide bonds.